The van der Waals surface area contributed by atoms with E-state index < -0.39 is 0 Å². The average molecular weight is 341 g/mol. The van der Waals surface area contributed by atoms with E-state index in [0.717, 1.165) is 25.0 Å². The van der Waals surface area contributed by atoms with Crippen LogP contribution >= 0.6 is 0 Å². The van der Waals surface area contributed by atoms with Crippen LogP contribution in [-0.4, -0.2) is 18.6 Å². The van der Waals surface area contributed by atoms with Gasteiger partial charge in [-0.1, -0.05) is 38.5 Å². The number of nitrogens with one attached hydrogen (secondary N) is 1. The van der Waals surface area contributed by atoms with E-state index in [1.807, 2.05) is 49.4 Å². The zero-order chi connectivity index (χ0) is 18.1. The summed E-state index contributed by atoms with van der Waals surface area (Å²) in [5.41, 5.74) is 1.24. The molecule has 0 fully saturated rings. The Kier molecular flexibility index (Phi) is 7.33. The highest BCUT2D eigenvalue weighted by Gasteiger charge is 2.13. The fourth-order valence-electron chi connectivity index (χ4n) is 2.27. The standard InChI is InChI=1S/C21H27NO3/c1-4-6-14-24-20-13-8-7-12-19(20)21(23)22-17-10-9-11-18(15-17)25-16(3)5-2/h7-13,15-16H,4-6,14H2,1-3H3,(H,22,23). The zero-order valence-corrected chi connectivity index (χ0v) is 15.2. The van der Waals surface area contributed by atoms with Crippen LogP contribution in [0.25, 0.3) is 0 Å². The molecular weight excluding hydrogens is 314 g/mol. The molecule has 1 atom stereocenters. The Labute approximate surface area is 150 Å². The zero-order valence-electron chi connectivity index (χ0n) is 15.2. The molecule has 0 spiro atoms. The lowest BCUT2D eigenvalue weighted by Crippen LogP contribution is -2.14. The molecule has 1 amide bonds. The molecule has 1 N–H and O–H groups in total. The maximum atomic E-state index is 12.6. The van der Waals surface area contributed by atoms with Crippen molar-refractivity contribution in [2.24, 2.45) is 0 Å². The Morgan fingerprint density at radius 2 is 1.92 bits per heavy atom. The molecule has 1 unspecified atom stereocenters. The van der Waals surface area contributed by atoms with Gasteiger partial charge in [0.15, 0.2) is 0 Å². The number of carbonyl (C=O) groups excluding carboxylic acids is 1. The molecule has 4 heteroatoms. The van der Waals surface area contributed by atoms with E-state index in [0.29, 0.717) is 23.6 Å². The van der Waals surface area contributed by atoms with Gasteiger partial charge in [-0.15, -0.1) is 0 Å². The van der Waals surface area contributed by atoms with E-state index >= 15 is 0 Å². The van der Waals surface area contributed by atoms with Gasteiger partial charge in [-0.2, -0.15) is 0 Å². The number of amides is 1. The second-order valence-corrected chi connectivity index (χ2v) is 6.02. The van der Waals surface area contributed by atoms with Crippen molar-refractivity contribution in [2.45, 2.75) is 46.1 Å². The minimum Gasteiger partial charge on any atom is -0.493 e. The van der Waals surface area contributed by atoms with Crippen molar-refractivity contribution >= 4 is 11.6 Å². The second-order valence-electron chi connectivity index (χ2n) is 6.02. The van der Waals surface area contributed by atoms with E-state index in [1.165, 1.54) is 0 Å². The van der Waals surface area contributed by atoms with E-state index in [-0.39, 0.29) is 12.0 Å². The number of para-hydroxylation sites is 1. The predicted molar refractivity (Wildman–Crippen MR) is 102 cm³/mol. The van der Waals surface area contributed by atoms with Crippen LogP contribution in [-0.2, 0) is 0 Å². The van der Waals surface area contributed by atoms with E-state index in [1.54, 1.807) is 6.07 Å². The molecule has 0 aliphatic rings. The monoisotopic (exact) mass is 341 g/mol. The van der Waals surface area contributed by atoms with Crippen LogP contribution in [0, 0.1) is 0 Å². The van der Waals surface area contributed by atoms with Crippen molar-refractivity contribution in [1.29, 1.82) is 0 Å². The molecule has 2 rings (SSSR count). The molecule has 0 aromatic heterocycles. The quantitative estimate of drug-likeness (QED) is 0.630. The summed E-state index contributed by atoms with van der Waals surface area (Å²) in [6.45, 7) is 6.82. The van der Waals surface area contributed by atoms with Crippen molar-refractivity contribution in [3.05, 3.63) is 54.1 Å². The van der Waals surface area contributed by atoms with E-state index in [9.17, 15) is 4.79 Å². The summed E-state index contributed by atoms with van der Waals surface area (Å²) in [4.78, 5) is 12.6. The van der Waals surface area contributed by atoms with Gasteiger partial charge in [-0.25, -0.2) is 0 Å². The second kappa shape index (κ2) is 9.72. The van der Waals surface area contributed by atoms with Gasteiger partial charge in [0, 0.05) is 11.8 Å². The third-order valence-corrected chi connectivity index (χ3v) is 3.89. The fourth-order valence-corrected chi connectivity index (χ4v) is 2.27. The Bertz CT molecular complexity index is 684. The highest BCUT2D eigenvalue weighted by molar-refractivity contribution is 6.06. The van der Waals surface area contributed by atoms with Gasteiger partial charge in [-0.05, 0) is 44.0 Å². The van der Waals surface area contributed by atoms with Gasteiger partial charge in [-0.3, -0.25) is 4.79 Å². The molecule has 0 aliphatic carbocycles. The molecule has 2 aromatic rings. The summed E-state index contributed by atoms with van der Waals surface area (Å²) in [6.07, 6.45) is 3.08. The van der Waals surface area contributed by atoms with Crippen LogP contribution in [0.3, 0.4) is 0 Å². The maximum Gasteiger partial charge on any atom is 0.259 e. The van der Waals surface area contributed by atoms with Gasteiger partial charge < -0.3 is 14.8 Å². The number of hydrogen-bond donors (Lipinski definition) is 1. The number of hydrogen-bond acceptors (Lipinski definition) is 3. The molecule has 25 heavy (non-hydrogen) atoms. The topological polar surface area (TPSA) is 47.6 Å². The van der Waals surface area contributed by atoms with Crippen LogP contribution < -0.4 is 14.8 Å². The predicted octanol–water partition coefficient (Wildman–Crippen LogP) is 5.30. The average Bonchev–Trinajstić information content (AvgIpc) is 2.62. The lowest BCUT2D eigenvalue weighted by atomic mass is 10.1. The molecule has 0 radical (unpaired) electrons. The van der Waals surface area contributed by atoms with Gasteiger partial charge in [0.1, 0.15) is 11.5 Å². The van der Waals surface area contributed by atoms with E-state index in [4.69, 9.17) is 9.47 Å². The number of rotatable bonds is 9. The SMILES string of the molecule is CCCCOc1ccccc1C(=O)Nc1cccc(OC(C)CC)c1. The number of benzene rings is 2. The first-order valence-electron chi connectivity index (χ1n) is 8.94. The fraction of sp³-hybridized carbons (Fsp3) is 0.381. The summed E-state index contributed by atoms with van der Waals surface area (Å²) in [6, 6.07) is 14.8. The summed E-state index contributed by atoms with van der Waals surface area (Å²) >= 11 is 0. The molecular formula is C21H27NO3. The minimum atomic E-state index is -0.187. The lowest BCUT2D eigenvalue weighted by molar-refractivity contribution is 0.102. The Morgan fingerprint density at radius 3 is 2.68 bits per heavy atom. The Balaban J connectivity index is 2.08. The van der Waals surface area contributed by atoms with Crippen molar-refractivity contribution < 1.29 is 14.3 Å². The number of ether oxygens (including phenoxy) is 2. The third kappa shape index (κ3) is 5.82. The van der Waals surface area contributed by atoms with Gasteiger partial charge in [0.05, 0.1) is 18.3 Å². The van der Waals surface area contributed by atoms with Gasteiger partial charge in [0.2, 0.25) is 0 Å². The van der Waals surface area contributed by atoms with Crippen molar-refractivity contribution in [2.75, 3.05) is 11.9 Å². The minimum absolute atomic E-state index is 0.138. The first-order valence-corrected chi connectivity index (χ1v) is 8.94. The van der Waals surface area contributed by atoms with Crippen LogP contribution in [0.4, 0.5) is 5.69 Å². The van der Waals surface area contributed by atoms with Gasteiger partial charge in [0.25, 0.3) is 5.91 Å². The van der Waals surface area contributed by atoms with E-state index in [2.05, 4.69) is 19.2 Å². The normalized spacial score (nSPS) is 11.6. The van der Waals surface area contributed by atoms with Crippen LogP contribution in [0.15, 0.2) is 48.5 Å². The highest BCUT2D eigenvalue weighted by Crippen LogP contribution is 2.23. The van der Waals surface area contributed by atoms with Crippen molar-refractivity contribution in [3.8, 4) is 11.5 Å². The summed E-state index contributed by atoms with van der Waals surface area (Å²) in [5, 5.41) is 2.92. The summed E-state index contributed by atoms with van der Waals surface area (Å²) in [7, 11) is 0. The first-order chi connectivity index (χ1) is 12.1. The van der Waals surface area contributed by atoms with Crippen molar-refractivity contribution in [1.82, 2.24) is 0 Å². The molecule has 0 saturated heterocycles. The number of anilines is 1. The Morgan fingerprint density at radius 1 is 1.12 bits per heavy atom. The molecule has 0 bridgehead atoms. The largest absolute Gasteiger partial charge is 0.493 e. The maximum absolute atomic E-state index is 12.6. The highest BCUT2D eigenvalue weighted by atomic mass is 16.5. The van der Waals surface area contributed by atoms with Crippen LogP contribution in [0.5, 0.6) is 11.5 Å². The smallest absolute Gasteiger partial charge is 0.259 e. The summed E-state index contributed by atoms with van der Waals surface area (Å²) < 4.78 is 11.5. The lowest BCUT2D eigenvalue weighted by Gasteiger charge is -2.14. The van der Waals surface area contributed by atoms with Crippen LogP contribution in [0.1, 0.15) is 50.4 Å². The Hall–Kier alpha value is -2.49. The molecule has 2 aromatic carbocycles. The van der Waals surface area contributed by atoms with Crippen LogP contribution in [0.2, 0.25) is 0 Å². The third-order valence-electron chi connectivity index (χ3n) is 3.89. The van der Waals surface area contributed by atoms with Crippen molar-refractivity contribution in [3.63, 3.8) is 0 Å². The molecule has 0 aliphatic heterocycles. The number of unbranched alkanes of at least 4 members (excludes halogenated alkanes) is 1. The molecule has 134 valence electrons. The summed E-state index contributed by atoms with van der Waals surface area (Å²) in [5.74, 6) is 1.17. The molecule has 4 nitrogen and oxygen atoms in total. The van der Waals surface area contributed by atoms with Gasteiger partial charge >= 0.3 is 0 Å². The molecule has 0 heterocycles. The molecule has 0 saturated carbocycles. The first kappa shape index (κ1) is 18.8. The number of carbonyl (C=O) groups is 1.